The monoisotopic (exact) mass is 171 g/mol. The van der Waals surface area contributed by atoms with Gasteiger partial charge in [0.15, 0.2) is 0 Å². The van der Waals surface area contributed by atoms with Crippen molar-refractivity contribution in [2.75, 3.05) is 13.3 Å². The summed E-state index contributed by atoms with van der Waals surface area (Å²) in [6.07, 6.45) is 1.42. The predicted octanol–water partition coefficient (Wildman–Crippen LogP) is 1.26. The lowest BCUT2D eigenvalue weighted by molar-refractivity contribution is 0.594. The molecule has 0 spiro atoms. The molecule has 64 valence electrons. The minimum atomic E-state index is -0.125. The van der Waals surface area contributed by atoms with E-state index in [0.29, 0.717) is 0 Å². The van der Waals surface area contributed by atoms with Crippen LogP contribution in [-0.4, -0.2) is 31.2 Å². The highest BCUT2D eigenvalue weighted by Gasteiger charge is 2.52. The standard InChI is InChI=1S/C9H18NP/c1-6-8-4-7(5-11(2)3)10-9(6)8/h5-11H,4H2,1-3H3. The first-order chi connectivity index (χ1) is 5.18. The van der Waals surface area contributed by atoms with E-state index in [1.807, 2.05) is 0 Å². The normalized spacial score (nSPS) is 47.6. The summed E-state index contributed by atoms with van der Waals surface area (Å²) in [5.41, 5.74) is 0. The van der Waals surface area contributed by atoms with Crippen molar-refractivity contribution in [3.05, 3.63) is 0 Å². The molecule has 4 atom stereocenters. The van der Waals surface area contributed by atoms with E-state index >= 15 is 0 Å². The minimum Gasteiger partial charge on any atom is -0.307 e. The molecule has 1 saturated heterocycles. The third kappa shape index (κ3) is 1.41. The van der Waals surface area contributed by atoms with Crippen molar-refractivity contribution in [3.63, 3.8) is 0 Å². The molecule has 1 heterocycles. The van der Waals surface area contributed by atoms with Crippen LogP contribution < -0.4 is 5.32 Å². The molecule has 1 aliphatic carbocycles. The average Bonchev–Trinajstić information content (AvgIpc) is 2.44. The van der Waals surface area contributed by atoms with Crippen LogP contribution in [0.3, 0.4) is 0 Å². The van der Waals surface area contributed by atoms with Crippen LogP contribution >= 0.6 is 7.55 Å². The topological polar surface area (TPSA) is 12.0 Å². The van der Waals surface area contributed by atoms with Crippen molar-refractivity contribution >= 4 is 13.3 Å². The van der Waals surface area contributed by atoms with Gasteiger partial charge in [-0.3, -0.25) is 0 Å². The molecule has 0 aromatic rings. The molecule has 1 N–H and O–H groups in total. The Kier molecular flexibility index (Phi) is 1.89. The number of hydrogen-bond donors (Lipinski definition) is 1. The molecule has 2 fully saturated rings. The zero-order valence-electron chi connectivity index (χ0n) is 7.59. The van der Waals surface area contributed by atoms with Crippen LogP contribution in [0, 0.1) is 11.8 Å². The summed E-state index contributed by atoms with van der Waals surface area (Å²) >= 11 is 0. The first-order valence-electron chi connectivity index (χ1n) is 4.59. The first-order valence-corrected chi connectivity index (χ1v) is 7.17. The summed E-state index contributed by atoms with van der Waals surface area (Å²) in [6, 6.07) is 1.66. The first kappa shape index (κ1) is 7.89. The maximum atomic E-state index is 3.68. The second-order valence-corrected chi connectivity index (χ2v) is 6.79. The Morgan fingerprint density at radius 2 is 2.18 bits per heavy atom. The van der Waals surface area contributed by atoms with E-state index in [1.165, 1.54) is 6.42 Å². The Bertz CT molecular complexity index is 184. The molecule has 1 nitrogen and oxygen atoms in total. The predicted molar refractivity (Wildman–Crippen MR) is 54.2 cm³/mol. The maximum absolute atomic E-state index is 3.68. The molecule has 1 saturated carbocycles. The largest absolute Gasteiger partial charge is 0.307 e. The molecular weight excluding hydrogens is 153 g/mol. The lowest BCUT2D eigenvalue weighted by Crippen LogP contribution is -2.28. The van der Waals surface area contributed by atoms with Crippen molar-refractivity contribution in [1.29, 1.82) is 0 Å². The van der Waals surface area contributed by atoms with Gasteiger partial charge in [0.1, 0.15) is 0 Å². The fraction of sp³-hybridized carbons (Fsp3) is 0.889. The lowest BCUT2D eigenvalue weighted by Gasteiger charge is -2.10. The van der Waals surface area contributed by atoms with Crippen LogP contribution in [0.1, 0.15) is 13.3 Å². The molecule has 1 aliphatic heterocycles. The van der Waals surface area contributed by atoms with Crippen molar-refractivity contribution < 1.29 is 0 Å². The second-order valence-electron chi connectivity index (χ2n) is 4.30. The number of rotatable bonds is 1. The van der Waals surface area contributed by atoms with Gasteiger partial charge in [0.2, 0.25) is 0 Å². The minimum absolute atomic E-state index is 0.125. The molecule has 2 aliphatic rings. The molecule has 0 bridgehead atoms. The molecule has 11 heavy (non-hydrogen) atoms. The van der Waals surface area contributed by atoms with E-state index < -0.39 is 0 Å². The third-order valence-corrected chi connectivity index (χ3v) is 4.10. The number of fused-ring (bicyclic) bond motifs is 1. The fourth-order valence-electron chi connectivity index (χ4n) is 2.31. The second kappa shape index (κ2) is 2.64. The van der Waals surface area contributed by atoms with E-state index in [9.17, 15) is 0 Å². The van der Waals surface area contributed by atoms with Gasteiger partial charge in [0.25, 0.3) is 0 Å². The van der Waals surface area contributed by atoms with Gasteiger partial charge < -0.3 is 5.32 Å². The van der Waals surface area contributed by atoms with Crippen LogP contribution in [-0.2, 0) is 0 Å². The molecular formula is C9H18NP. The third-order valence-electron chi connectivity index (χ3n) is 3.03. The smallest absolute Gasteiger partial charge is 0.0258 e. The van der Waals surface area contributed by atoms with Gasteiger partial charge in [0, 0.05) is 12.1 Å². The van der Waals surface area contributed by atoms with Crippen molar-refractivity contribution in [2.45, 2.75) is 25.4 Å². The Morgan fingerprint density at radius 3 is 2.64 bits per heavy atom. The molecule has 4 unspecified atom stereocenters. The van der Waals surface area contributed by atoms with E-state index in [2.05, 4.69) is 31.4 Å². The maximum Gasteiger partial charge on any atom is 0.0258 e. The summed E-state index contributed by atoms with van der Waals surface area (Å²) in [5, 5.41) is 3.68. The zero-order chi connectivity index (χ0) is 8.01. The fourth-order valence-corrected chi connectivity index (χ4v) is 3.35. The average molecular weight is 171 g/mol. The van der Waals surface area contributed by atoms with Crippen molar-refractivity contribution in [3.8, 4) is 0 Å². The zero-order valence-corrected chi connectivity index (χ0v) is 8.59. The van der Waals surface area contributed by atoms with Crippen molar-refractivity contribution in [2.24, 2.45) is 11.8 Å². The van der Waals surface area contributed by atoms with Crippen LogP contribution in [0.25, 0.3) is 0 Å². The van der Waals surface area contributed by atoms with E-state index in [1.54, 1.807) is 0 Å². The molecule has 0 radical (unpaired) electrons. The highest BCUT2D eigenvalue weighted by Crippen LogP contribution is 2.46. The van der Waals surface area contributed by atoms with Gasteiger partial charge in [0.05, 0.1) is 0 Å². The van der Waals surface area contributed by atoms with Gasteiger partial charge in [-0.25, -0.2) is 0 Å². The highest BCUT2D eigenvalue weighted by molar-refractivity contribution is 7.55. The molecule has 2 heteroatoms. The molecule has 0 aromatic heterocycles. The Labute approximate surface area is 70.0 Å². The van der Waals surface area contributed by atoms with E-state index in [0.717, 1.165) is 23.9 Å². The van der Waals surface area contributed by atoms with Gasteiger partial charge in [-0.15, -0.1) is 7.55 Å². The van der Waals surface area contributed by atoms with Crippen LogP contribution in [0.5, 0.6) is 0 Å². The van der Waals surface area contributed by atoms with Gasteiger partial charge >= 0.3 is 0 Å². The summed E-state index contributed by atoms with van der Waals surface area (Å²) in [4.78, 5) is 0. The van der Waals surface area contributed by atoms with Gasteiger partial charge in [-0.05, 0) is 31.6 Å². The van der Waals surface area contributed by atoms with Gasteiger partial charge in [-0.1, -0.05) is 12.7 Å². The van der Waals surface area contributed by atoms with Crippen LogP contribution in [0.4, 0.5) is 0 Å². The number of hydrogen-bond acceptors (Lipinski definition) is 1. The van der Waals surface area contributed by atoms with Crippen LogP contribution in [0.2, 0.25) is 0 Å². The molecule has 0 aromatic carbocycles. The van der Waals surface area contributed by atoms with Crippen molar-refractivity contribution in [1.82, 2.24) is 5.32 Å². The van der Waals surface area contributed by atoms with Gasteiger partial charge in [-0.2, -0.15) is 0 Å². The van der Waals surface area contributed by atoms with E-state index in [-0.39, 0.29) is 7.55 Å². The molecule has 2 rings (SSSR count). The van der Waals surface area contributed by atoms with E-state index in [4.69, 9.17) is 0 Å². The highest BCUT2D eigenvalue weighted by atomic mass is 31.1. The molecule has 0 amide bonds. The summed E-state index contributed by atoms with van der Waals surface area (Å²) in [5.74, 6) is 4.55. The Hall–Kier alpha value is 0.260. The Morgan fingerprint density at radius 1 is 1.45 bits per heavy atom. The van der Waals surface area contributed by atoms with Crippen LogP contribution in [0.15, 0.2) is 0 Å². The summed E-state index contributed by atoms with van der Waals surface area (Å²) in [6.45, 7) is 7.09. The SMILES string of the molecule is CC1C2CC(C=[PH](C)C)NC12. The Balaban J connectivity index is 1.90. The summed E-state index contributed by atoms with van der Waals surface area (Å²) < 4.78 is 0. The number of nitrogens with one attached hydrogen (secondary N) is 1. The summed E-state index contributed by atoms with van der Waals surface area (Å²) in [7, 11) is -0.125. The quantitative estimate of drug-likeness (QED) is 0.586. The lowest BCUT2D eigenvalue weighted by atomic mass is 10.2. The number of piperidine rings is 1.